The van der Waals surface area contributed by atoms with Gasteiger partial charge in [0.1, 0.15) is 0 Å². The first-order valence-electron chi connectivity index (χ1n) is 11.4. The minimum absolute atomic E-state index is 0.0651. The van der Waals surface area contributed by atoms with E-state index < -0.39 is 10.0 Å². The van der Waals surface area contributed by atoms with Crippen molar-refractivity contribution in [3.05, 3.63) is 65.2 Å². The highest BCUT2D eigenvalue weighted by Gasteiger charge is 2.19. The Kier molecular flexibility index (Phi) is 8.70. The van der Waals surface area contributed by atoms with Gasteiger partial charge in [-0.25, -0.2) is 8.42 Å². The SMILES string of the molecule is Cc1ccccc1N(CCCC(=O)NCc1cccc(CN2CCCCC2)c1)S(C)(=O)=O. The highest BCUT2D eigenvalue weighted by atomic mass is 32.2. The summed E-state index contributed by atoms with van der Waals surface area (Å²) in [5.74, 6) is -0.0651. The predicted octanol–water partition coefficient (Wildman–Crippen LogP) is 3.84. The molecular weight excluding hydrogens is 422 g/mol. The van der Waals surface area contributed by atoms with E-state index in [2.05, 4.69) is 22.3 Å². The molecule has 0 saturated carbocycles. The van der Waals surface area contributed by atoms with Crippen molar-refractivity contribution >= 4 is 21.6 Å². The van der Waals surface area contributed by atoms with Crippen LogP contribution in [0.2, 0.25) is 0 Å². The van der Waals surface area contributed by atoms with E-state index in [1.807, 2.05) is 37.3 Å². The lowest BCUT2D eigenvalue weighted by molar-refractivity contribution is -0.121. The van der Waals surface area contributed by atoms with Gasteiger partial charge in [0.05, 0.1) is 11.9 Å². The van der Waals surface area contributed by atoms with Crippen LogP contribution in [0.15, 0.2) is 48.5 Å². The Morgan fingerprint density at radius 2 is 1.75 bits per heavy atom. The average molecular weight is 458 g/mol. The molecule has 0 aromatic heterocycles. The molecule has 1 heterocycles. The maximum atomic E-state index is 12.4. The highest BCUT2D eigenvalue weighted by Crippen LogP contribution is 2.22. The van der Waals surface area contributed by atoms with E-state index in [0.29, 0.717) is 18.7 Å². The Labute approximate surface area is 192 Å². The van der Waals surface area contributed by atoms with Gasteiger partial charge in [0.25, 0.3) is 0 Å². The molecule has 0 aliphatic carbocycles. The first-order chi connectivity index (χ1) is 15.3. The van der Waals surface area contributed by atoms with Crippen LogP contribution >= 0.6 is 0 Å². The second-order valence-electron chi connectivity index (χ2n) is 8.66. The predicted molar refractivity (Wildman–Crippen MR) is 130 cm³/mol. The highest BCUT2D eigenvalue weighted by molar-refractivity contribution is 7.92. The van der Waals surface area contributed by atoms with Gasteiger partial charge in [0.15, 0.2) is 0 Å². The van der Waals surface area contributed by atoms with E-state index >= 15 is 0 Å². The largest absolute Gasteiger partial charge is 0.352 e. The number of rotatable bonds is 10. The van der Waals surface area contributed by atoms with Gasteiger partial charge in [0, 0.05) is 26.1 Å². The van der Waals surface area contributed by atoms with E-state index in [-0.39, 0.29) is 18.9 Å². The molecule has 1 saturated heterocycles. The third-order valence-electron chi connectivity index (χ3n) is 5.89. The molecule has 2 aromatic rings. The van der Waals surface area contributed by atoms with Crippen LogP contribution in [0.5, 0.6) is 0 Å². The lowest BCUT2D eigenvalue weighted by Crippen LogP contribution is -2.32. The lowest BCUT2D eigenvalue weighted by Gasteiger charge is -2.26. The van der Waals surface area contributed by atoms with Gasteiger partial charge in [0.2, 0.25) is 15.9 Å². The number of carbonyl (C=O) groups is 1. The third kappa shape index (κ3) is 7.35. The minimum Gasteiger partial charge on any atom is -0.352 e. The van der Waals surface area contributed by atoms with Gasteiger partial charge in [-0.05, 0) is 62.0 Å². The van der Waals surface area contributed by atoms with Crippen molar-refractivity contribution in [2.24, 2.45) is 0 Å². The summed E-state index contributed by atoms with van der Waals surface area (Å²) in [6, 6.07) is 15.8. The van der Waals surface area contributed by atoms with E-state index in [1.165, 1.54) is 35.4 Å². The number of para-hydroxylation sites is 1. The number of hydrogen-bond acceptors (Lipinski definition) is 4. The zero-order valence-electron chi connectivity index (χ0n) is 19.2. The van der Waals surface area contributed by atoms with Crippen molar-refractivity contribution in [2.45, 2.75) is 52.1 Å². The quantitative estimate of drug-likeness (QED) is 0.588. The summed E-state index contributed by atoms with van der Waals surface area (Å²) in [5.41, 5.74) is 3.93. The Balaban J connectivity index is 1.47. The zero-order valence-corrected chi connectivity index (χ0v) is 20.0. The first kappa shape index (κ1) is 24.3. The Morgan fingerprint density at radius 3 is 2.47 bits per heavy atom. The van der Waals surface area contributed by atoms with Crippen LogP contribution in [0.25, 0.3) is 0 Å². The van der Waals surface area contributed by atoms with Crippen molar-refractivity contribution in [2.75, 3.05) is 30.2 Å². The number of nitrogens with zero attached hydrogens (tertiary/aromatic N) is 2. The molecule has 1 fully saturated rings. The van der Waals surface area contributed by atoms with Crippen LogP contribution in [0, 0.1) is 6.92 Å². The van der Waals surface area contributed by atoms with Crippen molar-refractivity contribution in [1.82, 2.24) is 10.2 Å². The molecule has 0 bridgehead atoms. The number of anilines is 1. The average Bonchev–Trinajstić information content (AvgIpc) is 2.76. The summed E-state index contributed by atoms with van der Waals surface area (Å²) in [6.45, 7) is 5.94. The summed E-state index contributed by atoms with van der Waals surface area (Å²) in [7, 11) is -3.41. The summed E-state index contributed by atoms with van der Waals surface area (Å²) in [5, 5.41) is 2.97. The molecule has 6 nitrogen and oxygen atoms in total. The Hall–Kier alpha value is -2.38. The molecule has 2 aromatic carbocycles. The van der Waals surface area contributed by atoms with Crippen LogP contribution in [-0.2, 0) is 27.9 Å². The van der Waals surface area contributed by atoms with Gasteiger partial charge < -0.3 is 5.32 Å². The third-order valence-corrected chi connectivity index (χ3v) is 7.07. The summed E-state index contributed by atoms with van der Waals surface area (Å²) < 4.78 is 25.9. The minimum atomic E-state index is -3.41. The van der Waals surface area contributed by atoms with Gasteiger partial charge in [-0.2, -0.15) is 0 Å². The van der Waals surface area contributed by atoms with Crippen LogP contribution in [0.1, 0.15) is 48.8 Å². The van der Waals surface area contributed by atoms with E-state index in [0.717, 1.165) is 30.8 Å². The molecule has 3 rings (SSSR count). The number of aryl methyl sites for hydroxylation is 1. The number of piperidine rings is 1. The first-order valence-corrected chi connectivity index (χ1v) is 13.3. The van der Waals surface area contributed by atoms with Crippen LogP contribution < -0.4 is 9.62 Å². The second-order valence-corrected chi connectivity index (χ2v) is 10.6. The molecule has 0 unspecified atom stereocenters. The maximum absolute atomic E-state index is 12.4. The van der Waals surface area contributed by atoms with Gasteiger partial charge in [-0.3, -0.25) is 14.0 Å². The van der Waals surface area contributed by atoms with Gasteiger partial charge in [-0.1, -0.05) is 48.9 Å². The van der Waals surface area contributed by atoms with Crippen molar-refractivity contribution < 1.29 is 13.2 Å². The number of likely N-dealkylation sites (tertiary alicyclic amines) is 1. The Morgan fingerprint density at radius 1 is 1.03 bits per heavy atom. The number of amides is 1. The van der Waals surface area contributed by atoms with Crippen molar-refractivity contribution in [3.63, 3.8) is 0 Å². The van der Waals surface area contributed by atoms with Crippen LogP contribution in [-0.4, -0.2) is 45.1 Å². The lowest BCUT2D eigenvalue weighted by atomic mass is 10.1. The summed E-state index contributed by atoms with van der Waals surface area (Å²) in [4.78, 5) is 14.9. The molecule has 0 spiro atoms. The van der Waals surface area contributed by atoms with Gasteiger partial charge in [-0.15, -0.1) is 0 Å². The smallest absolute Gasteiger partial charge is 0.232 e. The summed E-state index contributed by atoms with van der Waals surface area (Å²) in [6.07, 6.45) is 5.83. The van der Waals surface area contributed by atoms with Crippen molar-refractivity contribution in [3.8, 4) is 0 Å². The zero-order chi connectivity index (χ0) is 23.0. The standard InChI is InChI=1S/C25H35N3O3S/c1-21-10-4-5-13-24(21)28(32(2,30)31)17-9-14-25(29)26-19-22-11-8-12-23(18-22)20-27-15-6-3-7-16-27/h4-5,8,10-13,18H,3,6-7,9,14-17,19-20H2,1-2H3,(H,26,29). The molecule has 1 aliphatic heterocycles. The van der Waals surface area contributed by atoms with Crippen molar-refractivity contribution in [1.29, 1.82) is 0 Å². The number of benzene rings is 2. The maximum Gasteiger partial charge on any atom is 0.232 e. The fourth-order valence-corrected chi connectivity index (χ4v) is 5.22. The second kappa shape index (κ2) is 11.5. The van der Waals surface area contributed by atoms with E-state index in [9.17, 15) is 13.2 Å². The molecule has 1 aliphatic rings. The normalized spacial score (nSPS) is 14.8. The molecule has 1 N–H and O–H groups in total. The van der Waals surface area contributed by atoms with Crippen LogP contribution in [0.4, 0.5) is 5.69 Å². The molecule has 0 radical (unpaired) electrons. The fourth-order valence-electron chi connectivity index (χ4n) is 4.19. The van der Waals surface area contributed by atoms with Crippen LogP contribution in [0.3, 0.4) is 0 Å². The summed E-state index contributed by atoms with van der Waals surface area (Å²) >= 11 is 0. The topological polar surface area (TPSA) is 69.7 Å². The fraction of sp³-hybridized carbons (Fsp3) is 0.480. The molecule has 174 valence electrons. The molecule has 0 atom stereocenters. The molecule has 7 heteroatoms. The number of nitrogens with one attached hydrogen (secondary N) is 1. The molecular formula is C25H35N3O3S. The Bertz CT molecular complexity index is 1000. The monoisotopic (exact) mass is 457 g/mol. The number of carbonyl (C=O) groups excluding carboxylic acids is 1. The number of hydrogen-bond donors (Lipinski definition) is 1. The van der Waals surface area contributed by atoms with E-state index in [1.54, 1.807) is 6.07 Å². The van der Waals surface area contributed by atoms with E-state index in [4.69, 9.17) is 0 Å². The molecule has 32 heavy (non-hydrogen) atoms. The molecule has 1 amide bonds. The van der Waals surface area contributed by atoms with Gasteiger partial charge >= 0.3 is 0 Å². The number of sulfonamides is 1.